The van der Waals surface area contributed by atoms with Crippen LogP contribution in [-0.2, 0) is 6.54 Å². The summed E-state index contributed by atoms with van der Waals surface area (Å²) < 4.78 is 1.52. The first kappa shape index (κ1) is 16.2. The van der Waals surface area contributed by atoms with Gasteiger partial charge in [0.1, 0.15) is 4.83 Å². The second kappa shape index (κ2) is 6.53. The average Bonchev–Trinajstić information content (AvgIpc) is 3.10. The molecule has 0 atom stereocenters. The summed E-state index contributed by atoms with van der Waals surface area (Å²) in [5.41, 5.74) is 1.76. The van der Waals surface area contributed by atoms with E-state index in [-0.39, 0.29) is 11.2 Å². The lowest BCUT2D eigenvalue weighted by molar-refractivity contribution is -0.384. The van der Waals surface area contributed by atoms with Crippen molar-refractivity contribution in [2.75, 3.05) is 0 Å². The zero-order valence-electron chi connectivity index (χ0n) is 13.5. The molecule has 6 nitrogen and oxygen atoms in total. The smallest absolute Gasteiger partial charge is 0.269 e. The highest BCUT2D eigenvalue weighted by molar-refractivity contribution is 7.21. The largest absolute Gasteiger partial charge is 0.294 e. The van der Waals surface area contributed by atoms with Gasteiger partial charge in [-0.25, -0.2) is 4.98 Å². The van der Waals surface area contributed by atoms with Crippen LogP contribution < -0.4 is 5.56 Å². The molecule has 0 saturated carbocycles. The number of hydrogen-bond donors (Lipinski definition) is 0. The predicted molar refractivity (Wildman–Crippen MR) is 102 cm³/mol. The number of nitro groups is 1. The van der Waals surface area contributed by atoms with Gasteiger partial charge in [-0.3, -0.25) is 19.5 Å². The summed E-state index contributed by atoms with van der Waals surface area (Å²) >= 11 is 1.49. The Morgan fingerprint density at radius 3 is 2.50 bits per heavy atom. The van der Waals surface area contributed by atoms with Crippen LogP contribution in [0.3, 0.4) is 0 Å². The number of nitro benzene ring substituents is 1. The quantitative estimate of drug-likeness (QED) is 0.404. The fourth-order valence-corrected chi connectivity index (χ4v) is 3.73. The molecule has 4 rings (SSSR count). The van der Waals surface area contributed by atoms with Crippen LogP contribution in [0.2, 0.25) is 0 Å². The molecule has 128 valence electrons. The van der Waals surface area contributed by atoms with Crippen molar-refractivity contribution in [1.82, 2.24) is 9.55 Å². The average molecular weight is 363 g/mol. The Hall–Kier alpha value is -3.32. The van der Waals surface area contributed by atoms with Crippen LogP contribution in [0.15, 0.2) is 71.8 Å². The number of benzene rings is 2. The van der Waals surface area contributed by atoms with E-state index in [0.717, 1.165) is 16.0 Å². The highest BCUT2D eigenvalue weighted by atomic mass is 32.1. The maximum absolute atomic E-state index is 12.8. The highest BCUT2D eigenvalue weighted by Gasteiger charge is 2.11. The Morgan fingerprint density at radius 2 is 1.81 bits per heavy atom. The van der Waals surface area contributed by atoms with E-state index < -0.39 is 4.92 Å². The summed E-state index contributed by atoms with van der Waals surface area (Å²) in [7, 11) is 0. The Balaban J connectivity index is 1.69. The van der Waals surface area contributed by atoms with Crippen LogP contribution in [0.5, 0.6) is 0 Å². The number of non-ortho nitro benzene ring substituents is 1. The second-order valence-corrected chi connectivity index (χ2v) is 6.83. The molecule has 2 heterocycles. The number of fused-ring (bicyclic) bond motifs is 1. The monoisotopic (exact) mass is 363 g/mol. The van der Waals surface area contributed by atoms with Crippen LogP contribution >= 0.6 is 11.3 Å². The first-order valence-corrected chi connectivity index (χ1v) is 8.71. The summed E-state index contributed by atoms with van der Waals surface area (Å²) in [5, 5.41) is 11.3. The van der Waals surface area contributed by atoms with E-state index in [4.69, 9.17) is 0 Å². The molecule has 0 bridgehead atoms. The molecule has 0 aliphatic carbocycles. The van der Waals surface area contributed by atoms with E-state index >= 15 is 0 Å². The van der Waals surface area contributed by atoms with Crippen molar-refractivity contribution < 1.29 is 4.92 Å². The molecule has 26 heavy (non-hydrogen) atoms. The van der Waals surface area contributed by atoms with E-state index in [2.05, 4.69) is 4.98 Å². The molecule has 0 radical (unpaired) electrons. The minimum absolute atomic E-state index is 0.0278. The molecule has 2 aromatic heterocycles. The second-order valence-electron chi connectivity index (χ2n) is 5.80. The number of thiophene rings is 1. The van der Waals surface area contributed by atoms with Gasteiger partial charge in [-0.15, -0.1) is 11.3 Å². The van der Waals surface area contributed by atoms with Gasteiger partial charge in [-0.05, 0) is 17.2 Å². The van der Waals surface area contributed by atoms with Crippen LogP contribution in [0.1, 0.15) is 5.56 Å². The lowest BCUT2D eigenvalue weighted by Crippen LogP contribution is -2.20. The minimum atomic E-state index is -0.444. The molecule has 0 spiro atoms. The van der Waals surface area contributed by atoms with E-state index in [9.17, 15) is 14.9 Å². The number of aromatic nitrogens is 2. The van der Waals surface area contributed by atoms with Gasteiger partial charge in [-0.2, -0.15) is 0 Å². The maximum Gasteiger partial charge on any atom is 0.269 e. The lowest BCUT2D eigenvalue weighted by Gasteiger charge is -2.05. The first-order chi connectivity index (χ1) is 12.6. The van der Waals surface area contributed by atoms with E-state index in [0.29, 0.717) is 16.8 Å². The number of nitrogens with zero attached hydrogens (tertiary/aromatic N) is 3. The molecule has 0 aliphatic heterocycles. The van der Waals surface area contributed by atoms with Crippen molar-refractivity contribution in [2.24, 2.45) is 0 Å². The van der Waals surface area contributed by atoms with Crippen molar-refractivity contribution in [2.45, 2.75) is 6.54 Å². The van der Waals surface area contributed by atoms with Crippen LogP contribution in [0, 0.1) is 10.1 Å². The Morgan fingerprint density at radius 1 is 1.08 bits per heavy atom. The topological polar surface area (TPSA) is 78.0 Å². The molecule has 0 aliphatic rings. The predicted octanol–water partition coefficient (Wildman–Crippen LogP) is 4.08. The first-order valence-electron chi connectivity index (χ1n) is 7.89. The molecule has 7 heteroatoms. The SMILES string of the molecule is O=c1c2cc(-c3ccccc3)sc2ncn1Cc1ccc([N+](=O)[O-])cc1. The van der Waals surface area contributed by atoms with Crippen molar-refractivity contribution >= 4 is 27.2 Å². The summed E-state index contributed by atoms with van der Waals surface area (Å²) in [6, 6.07) is 17.9. The standard InChI is InChI=1S/C19H13N3O3S/c23-19-16-10-17(14-4-2-1-3-5-14)26-18(16)20-12-21(19)11-13-6-8-15(9-7-13)22(24)25/h1-10,12H,11H2. The van der Waals surface area contributed by atoms with E-state index in [1.165, 1.54) is 34.4 Å². The van der Waals surface area contributed by atoms with Gasteiger partial charge in [0, 0.05) is 17.0 Å². The van der Waals surface area contributed by atoms with Crippen molar-refractivity contribution in [1.29, 1.82) is 0 Å². The Kier molecular flexibility index (Phi) is 4.06. The van der Waals surface area contributed by atoms with Crippen LogP contribution in [-0.4, -0.2) is 14.5 Å². The molecule has 0 fully saturated rings. The lowest BCUT2D eigenvalue weighted by atomic mass is 10.2. The van der Waals surface area contributed by atoms with Crippen molar-refractivity contribution in [3.63, 3.8) is 0 Å². The number of rotatable bonds is 4. The zero-order valence-corrected chi connectivity index (χ0v) is 14.3. The molecule has 2 aromatic carbocycles. The maximum atomic E-state index is 12.8. The van der Waals surface area contributed by atoms with Gasteiger partial charge in [-0.1, -0.05) is 42.5 Å². The van der Waals surface area contributed by atoms with Gasteiger partial charge in [0.05, 0.1) is 23.2 Å². The van der Waals surface area contributed by atoms with Crippen molar-refractivity contribution in [3.8, 4) is 10.4 Å². The third-order valence-corrected chi connectivity index (χ3v) is 5.17. The normalized spacial score (nSPS) is 10.9. The fraction of sp³-hybridized carbons (Fsp3) is 0.0526. The van der Waals surface area contributed by atoms with E-state index in [1.54, 1.807) is 12.1 Å². The van der Waals surface area contributed by atoms with Gasteiger partial charge in [0.25, 0.3) is 11.2 Å². The van der Waals surface area contributed by atoms with E-state index in [1.807, 2.05) is 36.4 Å². The van der Waals surface area contributed by atoms with Gasteiger partial charge in [0.2, 0.25) is 0 Å². The Labute approximate surface area is 152 Å². The summed E-state index contributed by atoms with van der Waals surface area (Å²) in [6.45, 7) is 0.316. The highest BCUT2D eigenvalue weighted by Crippen LogP contribution is 2.30. The zero-order chi connectivity index (χ0) is 18.1. The molecule has 0 saturated heterocycles. The summed E-state index contributed by atoms with van der Waals surface area (Å²) in [4.78, 5) is 29.2. The van der Waals surface area contributed by atoms with Crippen LogP contribution in [0.25, 0.3) is 20.7 Å². The molecular formula is C19H13N3O3S. The van der Waals surface area contributed by atoms with Crippen molar-refractivity contribution in [3.05, 3.63) is 93.0 Å². The number of hydrogen-bond acceptors (Lipinski definition) is 5. The summed E-state index contributed by atoms with van der Waals surface area (Å²) in [6.07, 6.45) is 1.53. The molecular weight excluding hydrogens is 350 g/mol. The fourth-order valence-electron chi connectivity index (χ4n) is 2.74. The van der Waals surface area contributed by atoms with Gasteiger partial charge >= 0.3 is 0 Å². The van der Waals surface area contributed by atoms with Crippen LogP contribution in [0.4, 0.5) is 5.69 Å². The third kappa shape index (κ3) is 3.00. The molecule has 0 amide bonds. The molecule has 4 aromatic rings. The molecule has 0 unspecified atom stereocenters. The minimum Gasteiger partial charge on any atom is -0.294 e. The molecule has 0 N–H and O–H groups in total. The Bertz CT molecular complexity index is 1150. The van der Waals surface area contributed by atoms with Gasteiger partial charge < -0.3 is 0 Å². The summed E-state index contributed by atoms with van der Waals surface area (Å²) in [5.74, 6) is 0. The van der Waals surface area contributed by atoms with Gasteiger partial charge in [0.15, 0.2) is 0 Å². The third-order valence-electron chi connectivity index (χ3n) is 4.08.